The maximum Gasteiger partial charge on any atom is 0.284 e. The highest BCUT2D eigenvalue weighted by Crippen LogP contribution is 2.24. The van der Waals surface area contributed by atoms with Gasteiger partial charge < -0.3 is 14.9 Å². The predicted molar refractivity (Wildman–Crippen MR) is 86.5 cm³/mol. The third-order valence-electron chi connectivity index (χ3n) is 3.05. The zero-order valence-corrected chi connectivity index (χ0v) is 14.0. The second kappa shape index (κ2) is 6.42. The first-order valence-corrected chi connectivity index (χ1v) is 7.93. The quantitative estimate of drug-likeness (QED) is 0.603. The number of nitrogens with one attached hydrogen (secondary N) is 2. The lowest BCUT2D eigenvalue weighted by molar-refractivity contribution is 0.440. The SMILES string of the molecule is Cc1ccc(O)c(CNn2c(C)nnc2Sc2n[nH]c(=S)o2)c1. The van der Waals surface area contributed by atoms with Gasteiger partial charge in [-0.1, -0.05) is 17.7 Å². The number of aromatic hydroxyl groups is 1. The Morgan fingerprint density at radius 1 is 1.39 bits per heavy atom. The molecule has 0 fully saturated rings. The molecule has 3 N–H and O–H groups in total. The van der Waals surface area contributed by atoms with E-state index in [4.69, 9.17) is 16.6 Å². The van der Waals surface area contributed by atoms with E-state index in [0.717, 1.165) is 11.1 Å². The van der Waals surface area contributed by atoms with Crippen LogP contribution in [0.2, 0.25) is 0 Å². The molecule has 0 bridgehead atoms. The maximum atomic E-state index is 9.91. The number of nitrogens with zero attached hydrogens (tertiary/aromatic N) is 4. The van der Waals surface area contributed by atoms with Crippen molar-refractivity contribution in [1.29, 1.82) is 0 Å². The second-order valence-corrected chi connectivity index (χ2v) is 6.10. The molecular weight excluding hydrogens is 336 g/mol. The molecule has 0 unspecified atom stereocenters. The minimum absolute atomic E-state index is 0.202. The van der Waals surface area contributed by atoms with Gasteiger partial charge in [0.25, 0.3) is 10.1 Å². The van der Waals surface area contributed by atoms with Gasteiger partial charge in [-0.2, -0.15) is 0 Å². The molecule has 0 amide bonds. The van der Waals surface area contributed by atoms with Crippen LogP contribution >= 0.6 is 24.0 Å². The smallest absolute Gasteiger partial charge is 0.284 e. The fourth-order valence-corrected chi connectivity index (χ4v) is 2.87. The molecular formula is C13H14N6O2S2. The summed E-state index contributed by atoms with van der Waals surface area (Å²) in [5, 5.41) is 25.4. The molecule has 0 saturated heterocycles. The molecule has 10 heteroatoms. The van der Waals surface area contributed by atoms with Gasteiger partial charge in [-0.05, 0) is 32.1 Å². The average Bonchev–Trinajstić information content (AvgIpc) is 3.07. The predicted octanol–water partition coefficient (Wildman–Crippen LogP) is 2.54. The first-order valence-electron chi connectivity index (χ1n) is 6.70. The lowest BCUT2D eigenvalue weighted by atomic mass is 10.1. The summed E-state index contributed by atoms with van der Waals surface area (Å²) >= 11 is 6.03. The molecule has 120 valence electrons. The van der Waals surface area contributed by atoms with Crippen LogP contribution in [0.15, 0.2) is 33.0 Å². The van der Waals surface area contributed by atoms with Crippen molar-refractivity contribution >= 4 is 24.0 Å². The van der Waals surface area contributed by atoms with Crippen molar-refractivity contribution in [2.45, 2.75) is 30.8 Å². The van der Waals surface area contributed by atoms with Crippen LogP contribution < -0.4 is 5.43 Å². The highest BCUT2D eigenvalue weighted by Gasteiger charge is 2.14. The summed E-state index contributed by atoms with van der Waals surface area (Å²) in [6.07, 6.45) is 0. The molecule has 1 aromatic carbocycles. The first-order chi connectivity index (χ1) is 11.0. The maximum absolute atomic E-state index is 9.91. The van der Waals surface area contributed by atoms with Crippen molar-refractivity contribution in [2.24, 2.45) is 0 Å². The van der Waals surface area contributed by atoms with E-state index in [1.165, 1.54) is 11.8 Å². The van der Waals surface area contributed by atoms with E-state index in [9.17, 15) is 5.11 Å². The summed E-state index contributed by atoms with van der Waals surface area (Å²) < 4.78 is 6.92. The fourth-order valence-electron chi connectivity index (χ4n) is 1.95. The number of phenolic OH excluding ortho intramolecular Hbond substituents is 1. The Hall–Kier alpha value is -2.33. The summed E-state index contributed by atoms with van der Waals surface area (Å²) in [7, 11) is 0. The van der Waals surface area contributed by atoms with Crippen molar-refractivity contribution in [3.05, 3.63) is 40.0 Å². The van der Waals surface area contributed by atoms with Gasteiger partial charge >= 0.3 is 0 Å². The Bertz CT molecular complexity index is 885. The van der Waals surface area contributed by atoms with Crippen molar-refractivity contribution in [2.75, 3.05) is 5.43 Å². The molecule has 0 aliphatic rings. The van der Waals surface area contributed by atoms with Gasteiger partial charge in [0.15, 0.2) is 0 Å². The molecule has 3 aromatic rings. The second-order valence-electron chi connectivity index (χ2n) is 4.81. The number of hydrogen-bond donors (Lipinski definition) is 3. The molecule has 8 nitrogen and oxygen atoms in total. The van der Waals surface area contributed by atoms with Crippen LogP contribution in [0, 0.1) is 18.7 Å². The summed E-state index contributed by atoms with van der Waals surface area (Å²) in [5.41, 5.74) is 5.03. The van der Waals surface area contributed by atoms with E-state index in [-0.39, 0.29) is 10.6 Å². The van der Waals surface area contributed by atoms with Crippen LogP contribution in [0.4, 0.5) is 0 Å². The number of hydrogen-bond acceptors (Lipinski definition) is 8. The Kier molecular flexibility index (Phi) is 4.35. The van der Waals surface area contributed by atoms with Gasteiger partial charge in [0, 0.05) is 17.3 Å². The van der Waals surface area contributed by atoms with E-state index in [1.807, 2.05) is 26.0 Å². The van der Waals surface area contributed by atoms with Gasteiger partial charge in [-0.3, -0.25) is 0 Å². The lowest BCUT2D eigenvalue weighted by Gasteiger charge is -2.12. The molecule has 0 aliphatic carbocycles. The summed E-state index contributed by atoms with van der Waals surface area (Å²) in [6.45, 7) is 4.21. The number of H-pyrrole nitrogens is 1. The van der Waals surface area contributed by atoms with Gasteiger partial charge in [0.2, 0.25) is 5.16 Å². The van der Waals surface area contributed by atoms with Crippen LogP contribution in [0.3, 0.4) is 0 Å². The monoisotopic (exact) mass is 350 g/mol. The highest BCUT2D eigenvalue weighted by molar-refractivity contribution is 7.99. The van der Waals surface area contributed by atoms with E-state index >= 15 is 0 Å². The average molecular weight is 350 g/mol. The zero-order valence-electron chi connectivity index (χ0n) is 12.4. The molecule has 0 spiro atoms. The van der Waals surface area contributed by atoms with Crippen LogP contribution in [0.25, 0.3) is 0 Å². The number of aromatic nitrogens is 5. The van der Waals surface area contributed by atoms with Crippen LogP contribution in [0.1, 0.15) is 17.0 Å². The van der Waals surface area contributed by atoms with Gasteiger partial charge in [-0.15, -0.1) is 15.3 Å². The topological polar surface area (TPSA) is 105 Å². The molecule has 0 radical (unpaired) electrons. The normalized spacial score (nSPS) is 10.9. The van der Waals surface area contributed by atoms with Crippen molar-refractivity contribution in [1.82, 2.24) is 25.1 Å². The van der Waals surface area contributed by atoms with Gasteiger partial charge in [0.1, 0.15) is 11.6 Å². The number of aromatic amines is 1. The van der Waals surface area contributed by atoms with Crippen molar-refractivity contribution < 1.29 is 9.52 Å². The molecule has 0 atom stereocenters. The van der Waals surface area contributed by atoms with E-state index in [1.54, 1.807) is 10.7 Å². The van der Waals surface area contributed by atoms with Crippen LogP contribution in [-0.2, 0) is 6.54 Å². The third kappa shape index (κ3) is 3.54. The first kappa shape index (κ1) is 15.6. The fraction of sp³-hybridized carbons (Fsp3) is 0.231. The largest absolute Gasteiger partial charge is 0.508 e. The van der Waals surface area contributed by atoms with Crippen LogP contribution in [0.5, 0.6) is 5.75 Å². The Morgan fingerprint density at radius 3 is 2.96 bits per heavy atom. The van der Waals surface area contributed by atoms with Crippen molar-refractivity contribution in [3.63, 3.8) is 0 Å². The molecule has 2 aromatic heterocycles. The summed E-state index contributed by atoms with van der Waals surface area (Å²) in [4.78, 5) is 0.202. The standard InChI is InChI=1S/C13H14N6O2S2/c1-7-3-4-10(20)9(5-7)6-14-19-8(2)15-16-11(19)23-13-18-17-12(22)21-13/h3-5,14,20H,6H2,1-2H3,(H,17,22). The minimum atomic E-state index is 0.202. The number of aryl methyl sites for hydroxylation is 2. The minimum Gasteiger partial charge on any atom is -0.508 e. The lowest BCUT2D eigenvalue weighted by Crippen LogP contribution is -2.17. The Balaban J connectivity index is 1.78. The summed E-state index contributed by atoms with van der Waals surface area (Å²) in [5.74, 6) is 0.912. The van der Waals surface area contributed by atoms with E-state index in [0.29, 0.717) is 22.7 Å². The zero-order chi connectivity index (χ0) is 16.4. The van der Waals surface area contributed by atoms with E-state index < -0.39 is 0 Å². The molecule has 2 heterocycles. The van der Waals surface area contributed by atoms with Crippen LogP contribution in [-0.4, -0.2) is 30.2 Å². The molecule has 0 saturated carbocycles. The Morgan fingerprint density at radius 2 is 2.22 bits per heavy atom. The van der Waals surface area contributed by atoms with Crippen molar-refractivity contribution in [3.8, 4) is 5.75 Å². The van der Waals surface area contributed by atoms with Gasteiger partial charge in [-0.25, -0.2) is 9.77 Å². The molecule has 0 aliphatic heterocycles. The third-order valence-corrected chi connectivity index (χ3v) is 4.03. The molecule has 3 rings (SSSR count). The highest BCUT2D eigenvalue weighted by atomic mass is 32.2. The van der Waals surface area contributed by atoms with Gasteiger partial charge in [0.05, 0.1) is 6.54 Å². The summed E-state index contributed by atoms with van der Waals surface area (Å²) in [6, 6.07) is 5.45. The number of benzene rings is 1. The van der Waals surface area contributed by atoms with E-state index in [2.05, 4.69) is 25.8 Å². The number of phenols is 1. The Labute approximate surface area is 140 Å². The number of rotatable bonds is 5. The molecule has 23 heavy (non-hydrogen) atoms.